The number of H-pyrrole nitrogens is 1. The molecule has 0 atom stereocenters. The van der Waals surface area contributed by atoms with Crippen LogP contribution in [-0.2, 0) is 0 Å². The van der Waals surface area contributed by atoms with E-state index in [2.05, 4.69) is 10.2 Å². The fraction of sp³-hybridized carbons (Fsp3) is 0.0667. The van der Waals surface area contributed by atoms with Crippen LogP contribution in [0.3, 0.4) is 0 Å². The number of hydrogen-bond donors (Lipinski definition) is 3. The Kier molecular flexibility index (Phi) is 3.07. The number of aromatic hydroxyl groups is 1. The van der Waals surface area contributed by atoms with E-state index in [1.807, 2.05) is 6.92 Å². The van der Waals surface area contributed by atoms with Gasteiger partial charge < -0.3 is 10.2 Å². The second-order valence-corrected chi connectivity index (χ2v) is 5.16. The van der Waals surface area contributed by atoms with E-state index in [0.29, 0.717) is 27.2 Å². The van der Waals surface area contributed by atoms with E-state index in [1.54, 1.807) is 12.1 Å². The van der Waals surface area contributed by atoms with E-state index in [1.165, 1.54) is 18.2 Å². The largest absolute Gasteiger partial charge is 0.507 e. The summed E-state index contributed by atoms with van der Waals surface area (Å²) in [6, 6.07) is 7.85. The van der Waals surface area contributed by atoms with Crippen molar-refractivity contribution in [3.8, 4) is 17.0 Å². The van der Waals surface area contributed by atoms with Gasteiger partial charge in [0.1, 0.15) is 11.4 Å². The number of aromatic amines is 1. The van der Waals surface area contributed by atoms with Gasteiger partial charge in [0.05, 0.1) is 11.1 Å². The van der Waals surface area contributed by atoms with Crippen molar-refractivity contribution in [1.29, 1.82) is 0 Å². The van der Waals surface area contributed by atoms with Crippen LogP contribution in [-0.4, -0.2) is 26.4 Å². The zero-order valence-corrected chi connectivity index (χ0v) is 11.8. The molecule has 0 radical (unpaired) electrons. The van der Waals surface area contributed by atoms with Gasteiger partial charge in [-0.3, -0.25) is 5.10 Å². The van der Waals surface area contributed by atoms with Crippen LogP contribution in [0.4, 0.5) is 0 Å². The molecule has 21 heavy (non-hydrogen) atoms. The van der Waals surface area contributed by atoms with Crippen molar-refractivity contribution in [2.24, 2.45) is 0 Å². The Bertz CT molecular complexity index is 871. The summed E-state index contributed by atoms with van der Waals surface area (Å²) in [5.74, 6) is -1.01. The normalized spacial score (nSPS) is 11.0. The summed E-state index contributed by atoms with van der Waals surface area (Å²) in [5.41, 5.74) is 2.66. The van der Waals surface area contributed by atoms with Crippen molar-refractivity contribution in [2.45, 2.75) is 6.92 Å². The van der Waals surface area contributed by atoms with Crippen LogP contribution < -0.4 is 0 Å². The smallest absolute Gasteiger partial charge is 0.335 e. The number of fused-ring (bicyclic) bond motifs is 1. The first-order valence-corrected chi connectivity index (χ1v) is 6.56. The first-order chi connectivity index (χ1) is 9.97. The number of carboxylic acid groups (broad SMARTS) is 1. The predicted octanol–water partition coefficient (Wildman–Crippen LogP) is 3.60. The fourth-order valence-electron chi connectivity index (χ4n) is 2.21. The van der Waals surface area contributed by atoms with Gasteiger partial charge in [0.25, 0.3) is 0 Å². The quantitative estimate of drug-likeness (QED) is 0.675. The molecule has 0 aliphatic carbocycles. The number of carbonyl (C=O) groups is 1. The van der Waals surface area contributed by atoms with Gasteiger partial charge in [-0.1, -0.05) is 11.6 Å². The molecular weight excluding hydrogens is 292 g/mol. The van der Waals surface area contributed by atoms with Gasteiger partial charge in [-0.05, 0) is 42.8 Å². The Morgan fingerprint density at radius 1 is 1.29 bits per heavy atom. The third kappa shape index (κ3) is 2.21. The second kappa shape index (κ2) is 4.79. The van der Waals surface area contributed by atoms with E-state index in [-0.39, 0.29) is 11.3 Å². The standard InChI is InChI=1S/C15H11ClN2O3/c1-7-4-10(13(19)6-11(7)16)14-9-5-8(15(20)21)2-3-12(9)17-18-14/h2-6,19H,1H3,(H,17,18)(H,20,21). The molecule has 106 valence electrons. The molecule has 0 saturated heterocycles. The lowest BCUT2D eigenvalue weighted by Crippen LogP contribution is -1.95. The number of nitrogens with zero attached hydrogens (tertiary/aromatic N) is 1. The number of aromatic carboxylic acids is 1. The molecule has 3 aromatic rings. The predicted molar refractivity (Wildman–Crippen MR) is 79.9 cm³/mol. The van der Waals surface area contributed by atoms with Gasteiger partial charge in [-0.15, -0.1) is 0 Å². The summed E-state index contributed by atoms with van der Waals surface area (Å²) in [6.45, 7) is 1.82. The minimum atomic E-state index is -1.01. The molecule has 1 heterocycles. The lowest BCUT2D eigenvalue weighted by molar-refractivity contribution is 0.0697. The van der Waals surface area contributed by atoms with Crippen molar-refractivity contribution in [3.05, 3.63) is 46.5 Å². The van der Waals surface area contributed by atoms with Gasteiger partial charge in [-0.2, -0.15) is 5.10 Å². The average Bonchev–Trinajstić information content (AvgIpc) is 2.85. The third-order valence-electron chi connectivity index (χ3n) is 3.34. The van der Waals surface area contributed by atoms with Crippen molar-refractivity contribution in [3.63, 3.8) is 0 Å². The molecule has 0 aliphatic rings. The third-order valence-corrected chi connectivity index (χ3v) is 3.75. The lowest BCUT2D eigenvalue weighted by Gasteiger charge is -2.06. The molecule has 1 aromatic heterocycles. The number of nitrogens with one attached hydrogen (secondary N) is 1. The Morgan fingerprint density at radius 2 is 2.05 bits per heavy atom. The van der Waals surface area contributed by atoms with E-state index in [9.17, 15) is 9.90 Å². The number of aryl methyl sites for hydroxylation is 1. The highest BCUT2D eigenvalue weighted by atomic mass is 35.5. The topological polar surface area (TPSA) is 86.2 Å². The van der Waals surface area contributed by atoms with Crippen LogP contribution in [0, 0.1) is 6.92 Å². The van der Waals surface area contributed by atoms with Crippen LogP contribution in [0.1, 0.15) is 15.9 Å². The molecular formula is C15H11ClN2O3. The van der Waals surface area contributed by atoms with Crippen LogP contribution >= 0.6 is 11.6 Å². The summed E-state index contributed by atoms with van der Waals surface area (Å²) < 4.78 is 0. The first-order valence-electron chi connectivity index (χ1n) is 6.18. The van der Waals surface area contributed by atoms with Crippen molar-refractivity contribution >= 4 is 28.5 Å². The molecule has 6 heteroatoms. The molecule has 0 bridgehead atoms. The monoisotopic (exact) mass is 302 g/mol. The number of rotatable bonds is 2. The molecule has 3 N–H and O–H groups in total. The number of benzene rings is 2. The second-order valence-electron chi connectivity index (χ2n) is 4.76. The van der Waals surface area contributed by atoms with E-state index in [0.717, 1.165) is 5.56 Å². The molecule has 5 nitrogen and oxygen atoms in total. The Labute approximate surface area is 124 Å². The zero-order chi connectivity index (χ0) is 15.1. The maximum absolute atomic E-state index is 11.1. The highest BCUT2D eigenvalue weighted by Gasteiger charge is 2.15. The van der Waals surface area contributed by atoms with Crippen LogP contribution in [0.15, 0.2) is 30.3 Å². The van der Waals surface area contributed by atoms with Crippen LogP contribution in [0.25, 0.3) is 22.2 Å². The average molecular weight is 303 g/mol. The minimum Gasteiger partial charge on any atom is -0.507 e. The lowest BCUT2D eigenvalue weighted by atomic mass is 10.0. The maximum Gasteiger partial charge on any atom is 0.335 e. The van der Waals surface area contributed by atoms with Gasteiger partial charge >= 0.3 is 5.97 Å². The Balaban J connectivity index is 2.27. The van der Waals surface area contributed by atoms with Gasteiger partial charge in [0.15, 0.2) is 0 Å². The summed E-state index contributed by atoms with van der Waals surface area (Å²) in [5, 5.41) is 27.2. The van der Waals surface area contributed by atoms with Gasteiger partial charge in [0.2, 0.25) is 0 Å². The number of phenols is 1. The zero-order valence-electron chi connectivity index (χ0n) is 11.0. The number of carboxylic acids is 1. The van der Waals surface area contributed by atoms with Gasteiger partial charge in [0, 0.05) is 16.0 Å². The van der Waals surface area contributed by atoms with E-state index in [4.69, 9.17) is 16.7 Å². The molecule has 0 fully saturated rings. The molecule has 0 saturated carbocycles. The molecule has 0 amide bonds. The van der Waals surface area contributed by atoms with Crippen LogP contribution in [0.2, 0.25) is 5.02 Å². The number of halogens is 1. The number of hydrogen-bond acceptors (Lipinski definition) is 3. The molecule has 3 rings (SSSR count). The summed E-state index contributed by atoms with van der Waals surface area (Å²) in [6.07, 6.45) is 0. The summed E-state index contributed by atoms with van der Waals surface area (Å²) >= 11 is 5.97. The van der Waals surface area contributed by atoms with Crippen molar-refractivity contribution < 1.29 is 15.0 Å². The highest BCUT2D eigenvalue weighted by molar-refractivity contribution is 6.31. The van der Waals surface area contributed by atoms with Gasteiger partial charge in [-0.25, -0.2) is 4.79 Å². The molecule has 0 unspecified atom stereocenters. The number of aromatic nitrogens is 2. The Hall–Kier alpha value is -2.53. The van der Waals surface area contributed by atoms with E-state index < -0.39 is 5.97 Å². The SMILES string of the molecule is Cc1cc(-c2n[nH]c3ccc(C(=O)O)cc23)c(O)cc1Cl. The molecule has 2 aromatic carbocycles. The summed E-state index contributed by atoms with van der Waals surface area (Å²) in [4.78, 5) is 11.1. The summed E-state index contributed by atoms with van der Waals surface area (Å²) in [7, 11) is 0. The highest BCUT2D eigenvalue weighted by Crippen LogP contribution is 2.36. The van der Waals surface area contributed by atoms with Crippen molar-refractivity contribution in [1.82, 2.24) is 10.2 Å². The fourth-order valence-corrected chi connectivity index (χ4v) is 2.37. The van der Waals surface area contributed by atoms with E-state index >= 15 is 0 Å². The Morgan fingerprint density at radius 3 is 2.76 bits per heavy atom. The van der Waals surface area contributed by atoms with Crippen LogP contribution in [0.5, 0.6) is 5.75 Å². The van der Waals surface area contributed by atoms with Crippen molar-refractivity contribution in [2.75, 3.05) is 0 Å². The number of phenolic OH excluding ortho intramolecular Hbond substituents is 1. The first kappa shape index (κ1) is 13.5. The molecule has 0 spiro atoms. The minimum absolute atomic E-state index is 0.000252. The molecule has 0 aliphatic heterocycles. The maximum atomic E-state index is 11.1.